The van der Waals surface area contributed by atoms with Crippen LogP contribution in [0.15, 0.2) is 42.5 Å². The first-order valence-corrected chi connectivity index (χ1v) is 11.2. The Bertz CT molecular complexity index is 1110. The molecule has 3 aliphatic rings. The number of nitrogens with one attached hydrogen (secondary N) is 1. The predicted octanol–water partition coefficient (Wildman–Crippen LogP) is 3.06. The fraction of sp³-hybridized carbons (Fsp3) is 0.417. The van der Waals surface area contributed by atoms with E-state index in [2.05, 4.69) is 32.0 Å². The fourth-order valence-electron chi connectivity index (χ4n) is 4.80. The van der Waals surface area contributed by atoms with Gasteiger partial charge in [-0.1, -0.05) is 13.0 Å². The molecule has 32 heavy (non-hydrogen) atoms. The van der Waals surface area contributed by atoms with Gasteiger partial charge in [0.1, 0.15) is 11.6 Å². The zero-order chi connectivity index (χ0) is 22.2. The smallest absolute Gasteiger partial charge is 0.222 e. The van der Waals surface area contributed by atoms with Gasteiger partial charge in [0.05, 0.1) is 24.8 Å². The van der Waals surface area contributed by atoms with E-state index in [9.17, 15) is 9.18 Å². The van der Waals surface area contributed by atoms with Crippen LogP contribution in [0, 0.1) is 5.82 Å². The number of aromatic nitrogens is 2. The van der Waals surface area contributed by atoms with E-state index in [-0.39, 0.29) is 18.0 Å². The number of benzene rings is 1. The average Bonchev–Trinajstić information content (AvgIpc) is 3.48. The lowest BCUT2D eigenvalue weighted by Crippen LogP contribution is -2.40. The fourth-order valence-corrected chi connectivity index (χ4v) is 4.80. The molecule has 0 fully saturated rings. The van der Waals surface area contributed by atoms with Gasteiger partial charge in [-0.05, 0) is 24.1 Å². The zero-order valence-corrected chi connectivity index (χ0v) is 18.5. The molecule has 0 saturated heterocycles. The van der Waals surface area contributed by atoms with Crippen molar-refractivity contribution in [2.45, 2.75) is 39.0 Å². The Hall–Kier alpha value is -3.13. The maximum Gasteiger partial charge on any atom is 0.222 e. The molecule has 4 heterocycles. The third-order valence-corrected chi connectivity index (χ3v) is 6.54. The summed E-state index contributed by atoms with van der Waals surface area (Å²) in [5, 5.41) is 3.49. The molecule has 1 N–H and O–H groups in total. The van der Waals surface area contributed by atoms with Crippen molar-refractivity contribution in [1.29, 1.82) is 0 Å². The van der Waals surface area contributed by atoms with Gasteiger partial charge in [-0.15, -0.1) is 0 Å². The number of fused-ring (bicyclic) bond motifs is 2. The Kier molecular flexibility index (Phi) is 5.46. The van der Waals surface area contributed by atoms with Crippen LogP contribution in [0.1, 0.15) is 42.9 Å². The number of hydrogen-bond donors (Lipinski definition) is 1. The standard InChI is InChI=1S/C24H28FN5O2/c1-3-23(31)29-9-6-16(7-10-29)19-14-28(2)24(30-15-26-13-21(19)30)27-12-18-17-8-11-32-22(17)5-4-20(18)25/h4-6,13-15,24,27H,3,7-12H2,1-2H3. The lowest BCUT2D eigenvalue weighted by molar-refractivity contribution is -0.130. The van der Waals surface area contributed by atoms with Crippen molar-refractivity contribution in [1.82, 2.24) is 24.7 Å². The lowest BCUT2D eigenvalue weighted by Gasteiger charge is -2.36. The van der Waals surface area contributed by atoms with Crippen molar-refractivity contribution in [3.05, 3.63) is 65.1 Å². The van der Waals surface area contributed by atoms with Crippen LogP contribution in [0.3, 0.4) is 0 Å². The first kappa shape index (κ1) is 20.8. The third kappa shape index (κ3) is 3.58. The molecule has 7 nitrogen and oxygen atoms in total. The molecule has 3 aliphatic heterocycles. The molecular weight excluding hydrogens is 409 g/mol. The van der Waals surface area contributed by atoms with Crippen molar-refractivity contribution < 1.29 is 13.9 Å². The van der Waals surface area contributed by atoms with Gasteiger partial charge in [-0.2, -0.15) is 0 Å². The number of imidazole rings is 1. The van der Waals surface area contributed by atoms with Crippen LogP contribution in [0.5, 0.6) is 5.75 Å². The summed E-state index contributed by atoms with van der Waals surface area (Å²) >= 11 is 0. The maximum absolute atomic E-state index is 14.6. The van der Waals surface area contributed by atoms with E-state index >= 15 is 0 Å². The highest BCUT2D eigenvalue weighted by Crippen LogP contribution is 2.35. The largest absolute Gasteiger partial charge is 0.493 e. The second-order valence-electron chi connectivity index (χ2n) is 8.42. The summed E-state index contributed by atoms with van der Waals surface area (Å²) in [6.07, 6.45) is 9.83. The Balaban J connectivity index is 1.36. The first-order chi connectivity index (χ1) is 15.6. The molecule has 0 radical (unpaired) electrons. The van der Waals surface area contributed by atoms with Crippen molar-refractivity contribution in [3.63, 3.8) is 0 Å². The van der Waals surface area contributed by atoms with E-state index in [0.29, 0.717) is 31.7 Å². The van der Waals surface area contributed by atoms with E-state index in [1.165, 1.54) is 11.6 Å². The summed E-state index contributed by atoms with van der Waals surface area (Å²) in [5.41, 5.74) is 4.98. The summed E-state index contributed by atoms with van der Waals surface area (Å²) < 4.78 is 22.3. The van der Waals surface area contributed by atoms with Gasteiger partial charge in [-0.25, -0.2) is 9.37 Å². The van der Waals surface area contributed by atoms with Crippen LogP contribution in [0.2, 0.25) is 0 Å². The van der Waals surface area contributed by atoms with Gasteiger partial charge in [0.15, 0.2) is 6.29 Å². The van der Waals surface area contributed by atoms with Gasteiger partial charge >= 0.3 is 0 Å². The second kappa shape index (κ2) is 8.43. The van der Waals surface area contributed by atoms with Crippen LogP contribution < -0.4 is 10.1 Å². The normalized spacial score (nSPS) is 19.8. The molecule has 168 valence electrons. The topological polar surface area (TPSA) is 62.6 Å². The lowest BCUT2D eigenvalue weighted by atomic mass is 9.96. The van der Waals surface area contributed by atoms with E-state index < -0.39 is 0 Å². The molecule has 5 rings (SSSR count). The SMILES string of the molecule is CCC(=O)N1CC=C(C2=CN(C)C(NCc3c(F)ccc4c3CCO4)n3cncc32)CC1. The van der Waals surface area contributed by atoms with E-state index in [4.69, 9.17) is 4.74 Å². The van der Waals surface area contributed by atoms with Crippen LogP contribution >= 0.6 is 0 Å². The Labute approximate surface area is 187 Å². The number of carbonyl (C=O) groups is 1. The van der Waals surface area contributed by atoms with Gasteiger partial charge in [0.2, 0.25) is 5.91 Å². The average molecular weight is 438 g/mol. The molecule has 2 aromatic rings. The molecule has 1 aromatic heterocycles. The molecule has 0 saturated carbocycles. The van der Waals surface area contributed by atoms with E-state index in [1.807, 2.05) is 31.4 Å². The summed E-state index contributed by atoms with van der Waals surface area (Å²) in [7, 11) is 2.01. The molecule has 0 bridgehead atoms. The number of hydrogen-bond acceptors (Lipinski definition) is 5. The predicted molar refractivity (Wildman–Crippen MR) is 119 cm³/mol. The minimum Gasteiger partial charge on any atom is -0.493 e. The molecule has 1 amide bonds. The molecule has 8 heteroatoms. The van der Waals surface area contributed by atoms with Gasteiger partial charge in [0, 0.05) is 62.4 Å². The first-order valence-electron chi connectivity index (χ1n) is 11.2. The number of amides is 1. The van der Waals surface area contributed by atoms with Crippen LogP contribution in [-0.2, 0) is 17.8 Å². The number of rotatable bonds is 5. The van der Waals surface area contributed by atoms with Crippen molar-refractivity contribution in [2.75, 3.05) is 26.7 Å². The highest BCUT2D eigenvalue weighted by Gasteiger charge is 2.28. The number of ether oxygens (including phenoxy) is 1. The van der Waals surface area contributed by atoms with E-state index in [1.54, 1.807) is 6.07 Å². The van der Waals surface area contributed by atoms with Crippen LogP contribution in [0.4, 0.5) is 4.39 Å². The molecule has 1 atom stereocenters. The van der Waals surface area contributed by atoms with Crippen molar-refractivity contribution in [2.24, 2.45) is 0 Å². The second-order valence-corrected chi connectivity index (χ2v) is 8.42. The Morgan fingerprint density at radius 1 is 1.34 bits per heavy atom. The highest BCUT2D eigenvalue weighted by molar-refractivity contribution is 5.80. The number of halogens is 1. The molecule has 0 spiro atoms. The van der Waals surface area contributed by atoms with Gasteiger partial charge < -0.3 is 14.5 Å². The summed E-state index contributed by atoms with van der Waals surface area (Å²) in [6.45, 7) is 4.26. The molecule has 1 unspecified atom stereocenters. The van der Waals surface area contributed by atoms with Gasteiger partial charge in [-0.3, -0.25) is 14.7 Å². The summed E-state index contributed by atoms with van der Waals surface area (Å²) in [4.78, 5) is 20.4. The minimum atomic E-state index is -0.208. The Morgan fingerprint density at radius 3 is 3.00 bits per heavy atom. The molecular formula is C24H28FN5O2. The summed E-state index contributed by atoms with van der Waals surface area (Å²) in [5.74, 6) is 0.765. The number of allylic oxidation sites excluding steroid dienone is 1. The van der Waals surface area contributed by atoms with Crippen LogP contribution in [-0.4, -0.2) is 52.0 Å². The number of carbonyl (C=O) groups excluding carboxylic acids is 1. The zero-order valence-electron chi connectivity index (χ0n) is 18.5. The third-order valence-electron chi connectivity index (χ3n) is 6.54. The Morgan fingerprint density at radius 2 is 2.22 bits per heavy atom. The van der Waals surface area contributed by atoms with Crippen molar-refractivity contribution in [3.8, 4) is 5.75 Å². The molecule has 0 aliphatic carbocycles. The maximum atomic E-state index is 14.6. The van der Waals surface area contributed by atoms with E-state index in [0.717, 1.165) is 42.0 Å². The van der Waals surface area contributed by atoms with Crippen molar-refractivity contribution >= 4 is 11.5 Å². The molecule has 1 aromatic carbocycles. The summed E-state index contributed by atoms with van der Waals surface area (Å²) in [6, 6.07) is 3.19. The number of nitrogens with zero attached hydrogens (tertiary/aromatic N) is 4. The minimum absolute atomic E-state index is 0.184. The van der Waals surface area contributed by atoms with Crippen LogP contribution in [0.25, 0.3) is 5.57 Å². The highest BCUT2D eigenvalue weighted by atomic mass is 19.1. The van der Waals surface area contributed by atoms with Gasteiger partial charge in [0.25, 0.3) is 0 Å². The monoisotopic (exact) mass is 437 g/mol. The quantitative estimate of drug-likeness (QED) is 0.779.